The number of aliphatic hydroxyl groups excluding tert-OH is 2. The van der Waals surface area contributed by atoms with Gasteiger partial charge in [0.25, 0.3) is 0 Å². The molecule has 0 bridgehead atoms. The zero-order valence-corrected chi connectivity index (χ0v) is 20.0. The first-order valence-electron chi connectivity index (χ1n) is 11.8. The summed E-state index contributed by atoms with van der Waals surface area (Å²) in [6.45, 7) is -1.32. The summed E-state index contributed by atoms with van der Waals surface area (Å²) in [6.07, 6.45) is -0.907. The van der Waals surface area contributed by atoms with Gasteiger partial charge in [-0.15, -0.1) is 0 Å². The Bertz CT molecular complexity index is 1400. The molecule has 2 heterocycles. The third-order valence-electron chi connectivity index (χ3n) is 6.25. The number of alkyl halides is 6. The molecule has 2 aromatic carbocycles. The summed E-state index contributed by atoms with van der Waals surface area (Å²) in [6, 6.07) is 15.5. The van der Waals surface area contributed by atoms with Crippen LogP contribution < -0.4 is 0 Å². The van der Waals surface area contributed by atoms with E-state index in [0.717, 1.165) is 0 Å². The van der Waals surface area contributed by atoms with Gasteiger partial charge < -0.3 is 19.0 Å². The molecule has 39 heavy (non-hydrogen) atoms. The van der Waals surface area contributed by atoms with E-state index in [1.165, 1.54) is 24.3 Å². The number of allylic oxidation sites excluding steroid dienone is 2. The van der Waals surface area contributed by atoms with E-state index in [4.69, 9.17) is 8.83 Å². The van der Waals surface area contributed by atoms with Crippen molar-refractivity contribution in [1.29, 1.82) is 0 Å². The van der Waals surface area contributed by atoms with E-state index in [-0.39, 0.29) is 22.9 Å². The minimum atomic E-state index is -5.89. The van der Waals surface area contributed by atoms with Crippen LogP contribution in [0, 0.1) is 0 Å². The molecule has 0 saturated carbocycles. The fourth-order valence-corrected chi connectivity index (χ4v) is 4.39. The molecule has 0 radical (unpaired) electrons. The van der Waals surface area contributed by atoms with Crippen molar-refractivity contribution in [3.05, 3.63) is 83.6 Å². The van der Waals surface area contributed by atoms with Gasteiger partial charge in [-0.05, 0) is 24.3 Å². The van der Waals surface area contributed by atoms with Gasteiger partial charge in [-0.3, -0.25) is 0 Å². The molecular weight excluding hydrogens is 530 g/mol. The predicted molar refractivity (Wildman–Crippen MR) is 127 cm³/mol. The van der Waals surface area contributed by atoms with Gasteiger partial charge in [-0.1, -0.05) is 36.4 Å². The molecule has 1 aliphatic rings. The molecule has 5 rings (SSSR count). The van der Waals surface area contributed by atoms with E-state index >= 15 is 17.6 Å². The van der Waals surface area contributed by atoms with Crippen LogP contribution in [0.4, 0.5) is 26.3 Å². The van der Waals surface area contributed by atoms with Crippen LogP contribution in [0.2, 0.25) is 0 Å². The first kappa shape index (κ1) is 26.7. The number of hydrogen-bond acceptors (Lipinski definition) is 6. The molecule has 1 aliphatic carbocycles. The van der Waals surface area contributed by atoms with E-state index in [1.807, 2.05) is 0 Å². The van der Waals surface area contributed by atoms with Crippen LogP contribution >= 0.6 is 0 Å². The summed E-state index contributed by atoms with van der Waals surface area (Å²) in [5, 5.41) is 19.0. The number of hydrogen-bond donors (Lipinski definition) is 2. The van der Waals surface area contributed by atoms with Crippen molar-refractivity contribution in [3.63, 3.8) is 0 Å². The van der Waals surface area contributed by atoms with Crippen LogP contribution in [-0.4, -0.2) is 51.2 Å². The van der Waals surface area contributed by atoms with Crippen molar-refractivity contribution in [2.45, 2.75) is 30.6 Å². The Balaban J connectivity index is 1.83. The second-order valence-electron chi connectivity index (χ2n) is 8.74. The molecular formula is C27H20F6N2O4. The van der Waals surface area contributed by atoms with Crippen LogP contribution in [0.15, 0.2) is 69.5 Å². The highest BCUT2D eigenvalue weighted by Gasteiger charge is 2.81. The molecule has 2 N–H and O–H groups in total. The minimum Gasteiger partial charge on any atom is -0.436 e. The number of rotatable bonds is 8. The van der Waals surface area contributed by atoms with Crippen molar-refractivity contribution >= 4 is 11.1 Å². The van der Waals surface area contributed by atoms with Crippen molar-refractivity contribution in [2.75, 3.05) is 13.2 Å². The lowest BCUT2D eigenvalue weighted by Gasteiger charge is -2.25. The maximum Gasteiger partial charge on any atom is 0.380 e. The number of aliphatic hydroxyl groups is 2. The standard InChI is InChI=1S/C27H20F6N2O4/c28-25(29)19(21-17(11-13-36)34-23(38-21)15-7-3-1-4-8-15)20(26(30,31)27(25,32)33)22-18(12-14-37)35-24(39-22)16-9-5-2-6-10-16/h1-10,36-37H,11-14H2. The van der Waals surface area contributed by atoms with Gasteiger partial charge in [0.15, 0.2) is 11.5 Å². The summed E-state index contributed by atoms with van der Waals surface area (Å²) in [7, 11) is 0. The summed E-state index contributed by atoms with van der Waals surface area (Å²) in [5.41, 5.74) is -3.99. The lowest BCUT2D eigenvalue weighted by Crippen LogP contribution is -2.49. The predicted octanol–water partition coefficient (Wildman–Crippen LogP) is 5.90. The molecule has 204 valence electrons. The van der Waals surface area contributed by atoms with Crippen molar-refractivity contribution in [2.24, 2.45) is 0 Å². The van der Waals surface area contributed by atoms with E-state index in [0.29, 0.717) is 0 Å². The molecule has 0 amide bonds. The van der Waals surface area contributed by atoms with Gasteiger partial charge in [0, 0.05) is 37.2 Å². The summed E-state index contributed by atoms with van der Waals surface area (Å²) < 4.78 is 102. The molecule has 0 atom stereocenters. The smallest absolute Gasteiger partial charge is 0.380 e. The van der Waals surface area contributed by atoms with Gasteiger partial charge in [0.1, 0.15) is 0 Å². The Kier molecular flexibility index (Phi) is 6.63. The largest absolute Gasteiger partial charge is 0.436 e. The molecule has 0 spiro atoms. The maximum atomic E-state index is 15.4. The Morgan fingerprint density at radius 3 is 1.28 bits per heavy atom. The zero-order chi connectivity index (χ0) is 28.0. The average Bonchev–Trinajstić information content (AvgIpc) is 3.54. The van der Waals surface area contributed by atoms with Gasteiger partial charge in [0.2, 0.25) is 11.8 Å². The lowest BCUT2D eigenvalue weighted by atomic mass is 10.00. The Hall–Kier alpha value is -3.90. The van der Waals surface area contributed by atoms with Crippen molar-refractivity contribution in [3.8, 4) is 22.9 Å². The molecule has 4 aromatic rings. The summed E-state index contributed by atoms with van der Waals surface area (Å²) in [5.74, 6) is -19.4. The minimum absolute atomic E-state index is 0.261. The van der Waals surface area contributed by atoms with Crippen LogP contribution in [0.25, 0.3) is 34.1 Å². The van der Waals surface area contributed by atoms with Crippen molar-refractivity contribution in [1.82, 2.24) is 9.97 Å². The Morgan fingerprint density at radius 1 is 0.590 bits per heavy atom. The molecule has 0 saturated heterocycles. The molecule has 0 aliphatic heterocycles. The van der Waals surface area contributed by atoms with Crippen LogP contribution in [0.1, 0.15) is 22.9 Å². The van der Waals surface area contributed by atoms with Gasteiger partial charge in [-0.2, -0.15) is 26.3 Å². The molecule has 2 aromatic heterocycles. The van der Waals surface area contributed by atoms with E-state index in [2.05, 4.69) is 9.97 Å². The average molecular weight is 550 g/mol. The zero-order valence-electron chi connectivity index (χ0n) is 20.0. The second-order valence-corrected chi connectivity index (χ2v) is 8.74. The number of aromatic nitrogens is 2. The summed E-state index contributed by atoms with van der Waals surface area (Å²) in [4.78, 5) is 8.09. The Morgan fingerprint density at radius 2 is 0.949 bits per heavy atom. The topological polar surface area (TPSA) is 92.5 Å². The molecule has 6 nitrogen and oxygen atoms in total. The monoisotopic (exact) mass is 550 g/mol. The van der Waals surface area contributed by atoms with Gasteiger partial charge >= 0.3 is 17.8 Å². The third kappa shape index (κ3) is 4.14. The van der Waals surface area contributed by atoms with Crippen LogP contribution in [0.3, 0.4) is 0 Å². The first-order valence-corrected chi connectivity index (χ1v) is 11.8. The van der Waals surface area contributed by atoms with Crippen LogP contribution in [0.5, 0.6) is 0 Å². The third-order valence-corrected chi connectivity index (χ3v) is 6.25. The number of nitrogens with zero attached hydrogens (tertiary/aromatic N) is 2. The lowest BCUT2D eigenvalue weighted by molar-refractivity contribution is -0.254. The number of halogens is 6. The van der Waals surface area contributed by atoms with E-state index in [9.17, 15) is 19.0 Å². The fourth-order valence-electron chi connectivity index (χ4n) is 4.39. The summed E-state index contributed by atoms with van der Waals surface area (Å²) >= 11 is 0. The quantitative estimate of drug-likeness (QED) is 0.266. The normalized spacial score (nSPS) is 17.6. The van der Waals surface area contributed by atoms with Crippen molar-refractivity contribution < 1.29 is 45.4 Å². The number of benzene rings is 2. The molecule has 0 unspecified atom stereocenters. The molecule has 12 heteroatoms. The Labute approximate surface area is 217 Å². The first-order chi connectivity index (χ1) is 18.5. The van der Waals surface area contributed by atoms with Crippen LogP contribution in [-0.2, 0) is 12.8 Å². The highest BCUT2D eigenvalue weighted by molar-refractivity contribution is 6.00. The second kappa shape index (κ2) is 9.69. The van der Waals surface area contributed by atoms with Gasteiger partial charge in [0.05, 0.1) is 22.5 Å². The van der Waals surface area contributed by atoms with E-state index in [1.54, 1.807) is 36.4 Å². The number of oxazole rings is 2. The van der Waals surface area contributed by atoms with E-state index < -0.39 is 77.9 Å². The van der Waals surface area contributed by atoms with Gasteiger partial charge in [-0.25, -0.2) is 9.97 Å². The maximum absolute atomic E-state index is 15.4. The fraction of sp³-hybridized carbons (Fsp3) is 0.259. The SMILES string of the molecule is OCCc1nc(-c2ccccc2)oc1C1=C(c2oc(-c3ccccc3)nc2CCO)C(F)(F)C(F)(F)C1(F)F. The highest BCUT2D eigenvalue weighted by Crippen LogP contribution is 2.65. The molecule has 0 fully saturated rings. The highest BCUT2D eigenvalue weighted by atomic mass is 19.3.